The van der Waals surface area contributed by atoms with Crippen LogP contribution in [0, 0.1) is 0 Å². The molecule has 1 heterocycles. The molecule has 2 aromatic rings. The van der Waals surface area contributed by atoms with Crippen LogP contribution in [0.3, 0.4) is 0 Å². The van der Waals surface area contributed by atoms with Crippen molar-refractivity contribution in [1.82, 2.24) is 9.62 Å². The third kappa shape index (κ3) is 5.54. The number of hydrogen-bond acceptors (Lipinski definition) is 4. The molecule has 0 unspecified atom stereocenters. The highest BCUT2D eigenvalue weighted by Gasteiger charge is 2.26. The maximum Gasteiger partial charge on any atom is 0.243 e. The molecule has 0 bridgehead atoms. The van der Waals surface area contributed by atoms with E-state index in [9.17, 15) is 13.2 Å². The highest BCUT2D eigenvalue weighted by Crippen LogP contribution is 2.21. The summed E-state index contributed by atoms with van der Waals surface area (Å²) in [4.78, 5) is 12.5. The van der Waals surface area contributed by atoms with Crippen molar-refractivity contribution in [1.29, 1.82) is 0 Å². The molecule has 0 saturated carbocycles. The maximum atomic E-state index is 12.5. The number of sulfonamides is 1. The zero-order chi connectivity index (χ0) is 19.3. The van der Waals surface area contributed by atoms with Gasteiger partial charge in [0.2, 0.25) is 15.9 Å². The van der Waals surface area contributed by atoms with Gasteiger partial charge < -0.3 is 11.1 Å². The van der Waals surface area contributed by atoms with Gasteiger partial charge in [-0.2, -0.15) is 4.31 Å². The second kappa shape index (κ2) is 10.0. The highest BCUT2D eigenvalue weighted by molar-refractivity contribution is 7.89. The van der Waals surface area contributed by atoms with Gasteiger partial charge in [0.1, 0.15) is 0 Å². The van der Waals surface area contributed by atoms with Crippen molar-refractivity contribution in [2.75, 3.05) is 13.1 Å². The Balaban J connectivity index is 0.00000280. The Morgan fingerprint density at radius 3 is 2.21 bits per heavy atom. The third-order valence-electron chi connectivity index (χ3n) is 4.73. The normalized spacial score (nSPS) is 15.6. The Hall–Kier alpha value is -1.93. The number of nitrogens with zero attached hydrogens (tertiary/aromatic N) is 1. The van der Waals surface area contributed by atoms with Crippen molar-refractivity contribution in [2.45, 2.75) is 36.7 Å². The van der Waals surface area contributed by atoms with Crippen molar-refractivity contribution >= 4 is 28.3 Å². The minimum atomic E-state index is -3.41. The maximum absolute atomic E-state index is 12.5. The van der Waals surface area contributed by atoms with Gasteiger partial charge in [0.05, 0.1) is 10.9 Å². The fraction of sp³-hybridized carbons (Fsp3) is 0.350. The Bertz CT molecular complexity index is 867. The van der Waals surface area contributed by atoms with Crippen LogP contribution in [-0.4, -0.2) is 37.8 Å². The van der Waals surface area contributed by atoms with Crippen molar-refractivity contribution in [3.63, 3.8) is 0 Å². The van der Waals surface area contributed by atoms with E-state index in [0.29, 0.717) is 31.0 Å². The number of nitrogens with two attached hydrogens (primary N) is 1. The summed E-state index contributed by atoms with van der Waals surface area (Å²) in [6.45, 7) is 1.48. The van der Waals surface area contributed by atoms with Crippen LogP contribution in [0.2, 0.25) is 0 Å². The lowest BCUT2D eigenvalue weighted by Gasteiger charge is -2.16. The summed E-state index contributed by atoms with van der Waals surface area (Å²) in [5.74, 6) is -0.229. The monoisotopic (exact) mass is 423 g/mol. The number of amides is 1. The van der Waals surface area contributed by atoms with Gasteiger partial charge in [-0.15, -0.1) is 12.4 Å². The summed E-state index contributed by atoms with van der Waals surface area (Å²) >= 11 is 0. The number of carbonyl (C=O) groups is 1. The number of carbonyl (C=O) groups excluding carboxylic acids is 1. The third-order valence-corrected chi connectivity index (χ3v) is 6.64. The number of benzene rings is 2. The first kappa shape index (κ1) is 22.4. The van der Waals surface area contributed by atoms with Gasteiger partial charge in [0.15, 0.2) is 0 Å². The topological polar surface area (TPSA) is 92.5 Å². The molecule has 1 atom stereocenters. The van der Waals surface area contributed by atoms with Gasteiger partial charge in [-0.1, -0.05) is 42.5 Å². The molecular weight excluding hydrogens is 398 g/mol. The standard InChI is InChI=1S/C20H25N3O3S.ClH/c21-19(14-16-6-2-1-3-7-16)20(24)22-15-17-8-10-18(11-9-17)27(25,26)23-12-4-5-13-23;/h1-3,6-11,19H,4-5,12-15,21H2,(H,22,24);1H/t19-;/m0./s1. The molecule has 1 amide bonds. The lowest BCUT2D eigenvalue weighted by molar-refractivity contribution is -0.122. The predicted octanol–water partition coefficient (Wildman–Crippen LogP) is 2.08. The van der Waals surface area contributed by atoms with Crippen LogP contribution in [0.5, 0.6) is 0 Å². The molecule has 0 spiro atoms. The average Bonchev–Trinajstić information content (AvgIpc) is 3.23. The molecule has 0 radical (unpaired) electrons. The summed E-state index contributed by atoms with van der Waals surface area (Å²) in [7, 11) is -3.41. The van der Waals surface area contributed by atoms with E-state index in [1.54, 1.807) is 24.3 Å². The SMILES string of the molecule is Cl.N[C@@H](Cc1ccccc1)C(=O)NCc1ccc(S(=O)(=O)N2CCCC2)cc1. The summed E-state index contributed by atoms with van der Waals surface area (Å²) in [5, 5.41) is 2.81. The molecule has 8 heteroatoms. The van der Waals surface area contributed by atoms with E-state index >= 15 is 0 Å². The van der Waals surface area contributed by atoms with Crippen LogP contribution < -0.4 is 11.1 Å². The molecule has 1 saturated heterocycles. The van der Waals surface area contributed by atoms with Gasteiger partial charge in [0.25, 0.3) is 0 Å². The summed E-state index contributed by atoms with van der Waals surface area (Å²) in [6.07, 6.45) is 2.29. The molecule has 3 N–H and O–H groups in total. The Kier molecular flexibility index (Phi) is 8.00. The molecule has 3 rings (SSSR count). The van der Waals surface area contributed by atoms with E-state index in [4.69, 9.17) is 5.73 Å². The van der Waals surface area contributed by atoms with Crippen LogP contribution in [-0.2, 0) is 27.8 Å². The fourth-order valence-electron chi connectivity index (χ4n) is 3.14. The van der Waals surface area contributed by atoms with Gasteiger partial charge in [-0.3, -0.25) is 4.79 Å². The molecular formula is C20H26ClN3O3S. The van der Waals surface area contributed by atoms with E-state index in [-0.39, 0.29) is 18.3 Å². The Morgan fingerprint density at radius 2 is 1.61 bits per heavy atom. The number of hydrogen-bond donors (Lipinski definition) is 2. The molecule has 1 aliphatic rings. The van der Waals surface area contributed by atoms with Gasteiger partial charge in [-0.25, -0.2) is 8.42 Å². The molecule has 152 valence electrons. The number of halogens is 1. The van der Waals surface area contributed by atoms with Crippen LogP contribution in [0.4, 0.5) is 0 Å². The molecule has 1 fully saturated rings. The first-order chi connectivity index (χ1) is 13.0. The first-order valence-corrected chi connectivity index (χ1v) is 10.6. The zero-order valence-corrected chi connectivity index (χ0v) is 17.2. The van der Waals surface area contributed by atoms with Crippen LogP contribution in [0.15, 0.2) is 59.5 Å². The molecule has 1 aliphatic heterocycles. The highest BCUT2D eigenvalue weighted by atomic mass is 35.5. The van der Waals surface area contributed by atoms with E-state index in [2.05, 4.69) is 5.32 Å². The molecule has 28 heavy (non-hydrogen) atoms. The van der Waals surface area contributed by atoms with E-state index in [1.807, 2.05) is 30.3 Å². The lowest BCUT2D eigenvalue weighted by Crippen LogP contribution is -2.41. The largest absolute Gasteiger partial charge is 0.351 e. The molecule has 6 nitrogen and oxygen atoms in total. The minimum absolute atomic E-state index is 0. The minimum Gasteiger partial charge on any atom is -0.351 e. The van der Waals surface area contributed by atoms with Crippen molar-refractivity contribution < 1.29 is 13.2 Å². The van der Waals surface area contributed by atoms with Crippen LogP contribution in [0.1, 0.15) is 24.0 Å². The Labute approximate surface area is 172 Å². The smallest absolute Gasteiger partial charge is 0.243 e. The average molecular weight is 424 g/mol. The van der Waals surface area contributed by atoms with Crippen LogP contribution >= 0.6 is 12.4 Å². The number of rotatable bonds is 7. The van der Waals surface area contributed by atoms with E-state index in [0.717, 1.165) is 24.0 Å². The molecule has 0 aliphatic carbocycles. The van der Waals surface area contributed by atoms with Crippen LogP contribution in [0.25, 0.3) is 0 Å². The van der Waals surface area contributed by atoms with Gasteiger partial charge in [-0.05, 0) is 42.5 Å². The number of nitrogens with one attached hydrogen (secondary N) is 1. The van der Waals surface area contributed by atoms with E-state index < -0.39 is 16.1 Å². The van der Waals surface area contributed by atoms with Crippen molar-refractivity contribution in [3.05, 3.63) is 65.7 Å². The molecule has 0 aromatic heterocycles. The summed E-state index contributed by atoms with van der Waals surface area (Å²) in [6, 6.07) is 15.6. The second-order valence-electron chi connectivity index (χ2n) is 6.77. The molecule has 2 aromatic carbocycles. The Morgan fingerprint density at radius 1 is 1.00 bits per heavy atom. The van der Waals surface area contributed by atoms with E-state index in [1.165, 1.54) is 4.31 Å². The first-order valence-electron chi connectivity index (χ1n) is 9.13. The van der Waals surface area contributed by atoms with Gasteiger partial charge >= 0.3 is 0 Å². The summed E-state index contributed by atoms with van der Waals surface area (Å²) < 4.78 is 26.5. The summed E-state index contributed by atoms with van der Waals surface area (Å²) in [5.41, 5.74) is 7.81. The quantitative estimate of drug-likeness (QED) is 0.713. The van der Waals surface area contributed by atoms with Crippen molar-refractivity contribution in [3.8, 4) is 0 Å². The predicted molar refractivity (Wildman–Crippen MR) is 112 cm³/mol. The lowest BCUT2D eigenvalue weighted by atomic mass is 10.1. The van der Waals surface area contributed by atoms with Gasteiger partial charge in [0, 0.05) is 19.6 Å². The zero-order valence-electron chi connectivity index (χ0n) is 15.6. The second-order valence-corrected chi connectivity index (χ2v) is 8.71. The van der Waals surface area contributed by atoms with Crippen molar-refractivity contribution in [2.24, 2.45) is 5.73 Å². The fourth-order valence-corrected chi connectivity index (χ4v) is 4.65.